The number of nitrogens with one attached hydrogen (secondary N) is 1. The fourth-order valence-corrected chi connectivity index (χ4v) is 2.51. The van der Waals surface area contributed by atoms with Gasteiger partial charge >= 0.3 is 0 Å². The lowest BCUT2D eigenvalue weighted by molar-refractivity contribution is -0.133. The Morgan fingerprint density at radius 2 is 2.53 bits per heavy atom. The molecule has 0 radical (unpaired) electrons. The number of ether oxygens (including phenoxy) is 1. The Bertz CT molecular complexity index is 411. The predicted molar refractivity (Wildman–Crippen MR) is 65.0 cm³/mol. The molecule has 0 aliphatic carbocycles. The molecule has 1 aromatic rings. The summed E-state index contributed by atoms with van der Waals surface area (Å²) >= 11 is 1.31. The van der Waals surface area contributed by atoms with Crippen molar-refractivity contribution in [3.8, 4) is 0 Å². The summed E-state index contributed by atoms with van der Waals surface area (Å²) in [6, 6.07) is 0. The van der Waals surface area contributed by atoms with E-state index in [1.807, 2.05) is 0 Å². The van der Waals surface area contributed by atoms with Gasteiger partial charge in [-0.2, -0.15) is 0 Å². The Hall–Kier alpha value is -0.980. The lowest BCUT2D eigenvalue weighted by Gasteiger charge is -2.20. The van der Waals surface area contributed by atoms with Crippen molar-refractivity contribution in [3.63, 3.8) is 0 Å². The number of carbonyl (C=O) groups excluding carboxylic acids is 1. The van der Waals surface area contributed by atoms with E-state index in [1.54, 1.807) is 19.2 Å². The van der Waals surface area contributed by atoms with Gasteiger partial charge in [0, 0.05) is 12.0 Å². The number of rotatable bonds is 3. The van der Waals surface area contributed by atoms with E-state index in [1.165, 1.54) is 11.3 Å². The third kappa shape index (κ3) is 2.65. The van der Waals surface area contributed by atoms with Gasteiger partial charge < -0.3 is 9.84 Å². The van der Waals surface area contributed by atoms with Gasteiger partial charge in [0.1, 0.15) is 5.60 Å². The summed E-state index contributed by atoms with van der Waals surface area (Å²) in [6.45, 7) is 4.06. The topological polar surface area (TPSA) is 71.5 Å². The van der Waals surface area contributed by atoms with Crippen molar-refractivity contribution in [2.45, 2.75) is 38.4 Å². The van der Waals surface area contributed by atoms with Gasteiger partial charge in [-0.15, -0.1) is 11.3 Å². The van der Waals surface area contributed by atoms with Crippen molar-refractivity contribution < 1.29 is 14.6 Å². The van der Waals surface area contributed by atoms with Crippen LogP contribution in [0.4, 0.5) is 5.13 Å². The third-order valence-electron chi connectivity index (χ3n) is 2.87. The van der Waals surface area contributed by atoms with Crippen LogP contribution in [0, 0.1) is 0 Å². The van der Waals surface area contributed by atoms with Crippen LogP contribution < -0.4 is 5.32 Å². The number of hydrogen-bond acceptors (Lipinski definition) is 5. The van der Waals surface area contributed by atoms with Gasteiger partial charge in [-0.25, -0.2) is 4.98 Å². The summed E-state index contributed by atoms with van der Waals surface area (Å²) in [5.41, 5.74) is -0.167. The van der Waals surface area contributed by atoms with Crippen LogP contribution in [0.15, 0.2) is 5.38 Å². The van der Waals surface area contributed by atoms with E-state index in [0.717, 1.165) is 12.8 Å². The average molecular weight is 256 g/mol. The van der Waals surface area contributed by atoms with Gasteiger partial charge in [0.25, 0.3) is 5.91 Å². The summed E-state index contributed by atoms with van der Waals surface area (Å²) in [4.78, 5) is 16.1. The first-order valence-electron chi connectivity index (χ1n) is 5.60. The summed E-state index contributed by atoms with van der Waals surface area (Å²) in [6.07, 6.45) is 1.02. The van der Waals surface area contributed by atoms with Crippen molar-refractivity contribution in [1.82, 2.24) is 4.98 Å². The molecule has 2 heterocycles. The molecule has 5 nitrogen and oxygen atoms in total. The highest BCUT2D eigenvalue weighted by molar-refractivity contribution is 7.13. The Kier molecular flexibility index (Phi) is 3.46. The molecule has 94 valence electrons. The minimum Gasteiger partial charge on any atom is -0.387 e. The van der Waals surface area contributed by atoms with E-state index in [2.05, 4.69) is 10.3 Å². The molecule has 1 saturated heterocycles. The van der Waals surface area contributed by atoms with E-state index in [-0.39, 0.29) is 5.91 Å². The number of aliphatic hydroxyl groups excluding tert-OH is 1. The molecule has 1 aliphatic heterocycles. The number of amides is 1. The Morgan fingerprint density at radius 3 is 3.06 bits per heavy atom. The first-order chi connectivity index (χ1) is 8.01. The zero-order chi connectivity index (χ0) is 12.5. The van der Waals surface area contributed by atoms with Gasteiger partial charge in [0.15, 0.2) is 5.13 Å². The molecule has 2 rings (SSSR count). The number of hydrogen-bond donors (Lipinski definition) is 2. The normalized spacial score (nSPS) is 25.8. The second-order valence-corrected chi connectivity index (χ2v) is 5.25. The Labute approximate surface area is 104 Å². The van der Waals surface area contributed by atoms with Gasteiger partial charge in [0.05, 0.1) is 11.8 Å². The monoisotopic (exact) mass is 256 g/mol. The number of carbonyl (C=O) groups is 1. The highest BCUT2D eigenvalue weighted by Gasteiger charge is 2.38. The predicted octanol–water partition coefficient (Wildman–Crippen LogP) is 1.70. The maximum Gasteiger partial charge on any atom is 0.258 e. The van der Waals surface area contributed by atoms with E-state index < -0.39 is 11.7 Å². The standard InChI is InChI=1S/C11H16N2O3S/c1-7(14)8-6-17-10(12-8)13-9(15)11(2)4-3-5-16-11/h6-7,14H,3-5H2,1-2H3,(H,12,13,15). The molecule has 0 saturated carbocycles. The fraction of sp³-hybridized carbons (Fsp3) is 0.636. The second kappa shape index (κ2) is 4.72. The average Bonchev–Trinajstić information content (AvgIpc) is 2.88. The summed E-state index contributed by atoms with van der Waals surface area (Å²) in [5.74, 6) is -0.165. The molecule has 0 aromatic carbocycles. The Balaban J connectivity index is 2.02. The van der Waals surface area contributed by atoms with Crippen LogP contribution in [0.1, 0.15) is 38.5 Å². The van der Waals surface area contributed by atoms with Crippen molar-refractivity contribution in [2.24, 2.45) is 0 Å². The van der Waals surface area contributed by atoms with Crippen molar-refractivity contribution >= 4 is 22.4 Å². The molecule has 2 atom stereocenters. The zero-order valence-corrected chi connectivity index (χ0v) is 10.7. The first kappa shape index (κ1) is 12.5. The molecule has 1 fully saturated rings. The first-order valence-corrected chi connectivity index (χ1v) is 6.48. The number of nitrogens with zero attached hydrogens (tertiary/aromatic N) is 1. The van der Waals surface area contributed by atoms with Crippen molar-refractivity contribution in [1.29, 1.82) is 0 Å². The fourth-order valence-electron chi connectivity index (χ4n) is 1.72. The minimum absolute atomic E-state index is 0.165. The number of aliphatic hydroxyl groups is 1. The third-order valence-corrected chi connectivity index (χ3v) is 3.65. The van der Waals surface area contributed by atoms with E-state index in [9.17, 15) is 9.90 Å². The molecular formula is C11H16N2O3S. The van der Waals surface area contributed by atoms with Crippen molar-refractivity contribution in [2.75, 3.05) is 11.9 Å². The summed E-state index contributed by atoms with van der Waals surface area (Å²) in [5, 5.41) is 14.3. The summed E-state index contributed by atoms with van der Waals surface area (Å²) < 4.78 is 5.44. The van der Waals surface area contributed by atoms with Crippen LogP contribution in [-0.4, -0.2) is 28.2 Å². The van der Waals surface area contributed by atoms with Gasteiger partial charge in [-0.05, 0) is 26.7 Å². The Morgan fingerprint density at radius 1 is 1.76 bits per heavy atom. The molecule has 0 bridgehead atoms. The summed E-state index contributed by atoms with van der Waals surface area (Å²) in [7, 11) is 0. The van der Waals surface area contributed by atoms with E-state index >= 15 is 0 Å². The molecule has 1 amide bonds. The molecule has 6 heteroatoms. The van der Waals surface area contributed by atoms with Crippen LogP contribution >= 0.6 is 11.3 Å². The molecule has 1 aromatic heterocycles. The van der Waals surface area contributed by atoms with Crippen LogP contribution in [0.2, 0.25) is 0 Å². The van der Waals surface area contributed by atoms with E-state index in [4.69, 9.17) is 4.74 Å². The quantitative estimate of drug-likeness (QED) is 0.863. The highest BCUT2D eigenvalue weighted by atomic mass is 32.1. The number of thiazole rings is 1. The molecular weight excluding hydrogens is 240 g/mol. The zero-order valence-electron chi connectivity index (χ0n) is 9.90. The van der Waals surface area contributed by atoms with Gasteiger partial charge in [-0.3, -0.25) is 10.1 Å². The van der Waals surface area contributed by atoms with Crippen molar-refractivity contribution in [3.05, 3.63) is 11.1 Å². The lowest BCUT2D eigenvalue weighted by Crippen LogP contribution is -2.39. The van der Waals surface area contributed by atoms with Crippen LogP contribution in [0.5, 0.6) is 0 Å². The van der Waals surface area contributed by atoms with Gasteiger partial charge in [0.2, 0.25) is 0 Å². The maximum absolute atomic E-state index is 12.0. The SMILES string of the molecule is CC(O)c1csc(NC(=O)C2(C)CCCO2)n1. The molecule has 17 heavy (non-hydrogen) atoms. The van der Waals surface area contributed by atoms with Crippen LogP contribution in [-0.2, 0) is 9.53 Å². The van der Waals surface area contributed by atoms with Crippen LogP contribution in [0.3, 0.4) is 0 Å². The largest absolute Gasteiger partial charge is 0.387 e. The number of anilines is 1. The van der Waals surface area contributed by atoms with Crippen LogP contribution in [0.25, 0.3) is 0 Å². The highest BCUT2D eigenvalue weighted by Crippen LogP contribution is 2.28. The second-order valence-electron chi connectivity index (χ2n) is 4.39. The molecule has 2 unspecified atom stereocenters. The molecule has 0 spiro atoms. The number of aromatic nitrogens is 1. The van der Waals surface area contributed by atoms with Gasteiger partial charge in [-0.1, -0.05) is 0 Å². The smallest absolute Gasteiger partial charge is 0.258 e. The van der Waals surface area contributed by atoms with E-state index in [0.29, 0.717) is 17.4 Å². The minimum atomic E-state index is -0.739. The molecule has 1 aliphatic rings. The molecule has 2 N–H and O–H groups in total. The lowest BCUT2D eigenvalue weighted by atomic mass is 10.0. The maximum atomic E-state index is 12.0.